The Balaban J connectivity index is 2.22. The minimum absolute atomic E-state index is 0.339. The van der Waals surface area contributed by atoms with E-state index in [1.807, 2.05) is 0 Å². The molecule has 0 amide bonds. The minimum Gasteiger partial charge on any atom is -0.310 e. The van der Waals surface area contributed by atoms with E-state index in [4.69, 9.17) is 0 Å². The summed E-state index contributed by atoms with van der Waals surface area (Å²) in [7, 11) is 0. The number of nitrogens with one attached hydrogen (secondary N) is 1. The second-order valence-corrected chi connectivity index (χ2v) is 6.44. The molecule has 0 bridgehead atoms. The highest BCUT2D eigenvalue weighted by molar-refractivity contribution is 9.10. The Morgan fingerprint density at radius 2 is 1.71 bits per heavy atom. The number of rotatable bonds is 6. The molecule has 1 N–H and O–H groups in total. The fraction of sp³-hybridized carbons (Fsp3) is 0.389. The van der Waals surface area contributed by atoms with Gasteiger partial charge >= 0.3 is 0 Å². The van der Waals surface area contributed by atoms with Crippen molar-refractivity contribution in [1.82, 2.24) is 10.3 Å². The third kappa shape index (κ3) is 4.94. The van der Waals surface area contributed by atoms with E-state index in [-0.39, 0.29) is 0 Å². The van der Waals surface area contributed by atoms with E-state index in [0.717, 1.165) is 35.2 Å². The van der Waals surface area contributed by atoms with Gasteiger partial charge in [0.15, 0.2) is 0 Å². The topological polar surface area (TPSA) is 24.9 Å². The molecule has 0 aliphatic rings. The molecule has 0 spiro atoms. The van der Waals surface area contributed by atoms with Crippen LogP contribution in [-0.4, -0.2) is 11.5 Å². The van der Waals surface area contributed by atoms with Gasteiger partial charge in [-0.1, -0.05) is 35.0 Å². The number of nitrogens with zero attached hydrogens (tertiary/aromatic N) is 1. The van der Waals surface area contributed by atoms with Crippen LogP contribution in [-0.2, 0) is 6.42 Å². The number of hydrogen-bond donors (Lipinski definition) is 1. The van der Waals surface area contributed by atoms with E-state index in [0.29, 0.717) is 6.04 Å². The zero-order valence-electron chi connectivity index (χ0n) is 13.0. The van der Waals surface area contributed by atoms with Crippen molar-refractivity contribution in [3.8, 4) is 0 Å². The molecule has 2 nitrogen and oxygen atoms in total. The highest BCUT2D eigenvalue weighted by Crippen LogP contribution is 2.21. The zero-order chi connectivity index (χ0) is 15.2. The van der Waals surface area contributed by atoms with Gasteiger partial charge in [0.25, 0.3) is 0 Å². The van der Waals surface area contributed by atoms with Gasteiger partial charge in [-0.15, -0.1) is 0 Å². The summed E-state index contributed by atoms with van der Waals surface area (Å²) < 4.78 is 1.12. The van der Waals surface area contributed by atoms with Crippen molar-refractivity contribution < 1.29 is 0 Å². The van der Waals surface area contributed by atoms with Gasteiger partial charge in [0.2, 0.25) is 0 Å². The van der Waals surface area contributed by atoms with Crippen molar-refractivity contribution in [3.63, 3.8) is 0 Å². The monoisotopic (exact) mass is 346 g/mol. The maximum Gasteiger partial charge on any atom is 0.0379 e. The fourth-order valence-electron chi connectivity index (χ4n) is 2.55. The van der Waals surface area contributed by atoms with Crippen molar-refractivity contribution in [2.75, 3.05) is 6.54 Å². The third-order valence-electron chi connectivity index (χ3n) is 3.50. The molecular weight excluding hydrogens is 324 g/mol. The Morgan fingerprint density at radius 1 is 1.10 bits per heavy atom. The third-order valence-corrected chi connectivity index (χ3v) is 4.03. The minimum atomic E-state index is 0.339. The van der Waals surface area contributed by atoms with E-state index in [2.05, 4.69) is 83.4 Å². The van der Waals surface area contributed by atoms with Gasteiger partial charge in [0.1, 0.15) is 0 Å². The highest BCUT2D eigenvalue weighted by Gasteiger charge is 2.13. The molecule has 1 atom stereocenters. The average molecular weight is 347 g/mol. The lowest BCUT2D eigenvalue weighted by molar-refractivity contribution is 0.528. The smallest absolute Gasteiger partial charge is 0.0379 e. The molecule has 0 aliphatic heterocycles. The molecule has 2 aromatic rings. The Morgan fingerprint density at radius 3 is 2.29 bits per heavy atom. The lowest BCUT2D eigenvalue weighted by atomic mass is 9.98. The van der Waals surface area contributed by atoms with Crippen LogP contribution in [0.4, 0.5) is 0 Å². The molecule has 0 aliphatic carbocycles. The van der Waals surface area contributed by atoms with Crippen LogP contribution in [0.2, 0.25) is 0 Å². The van der Waals surface area contributed by atoms with Gasteiger partial charge in [-0.2, -0.15) is 0 Å². The van der Waals surface area contributed by atoms with Gasteiger partial charge in [0, 0.05) is 21.9 Å². The molecule has 21 heavy (non-hydrogen) atoms. The second-order valence-electron chi connectivity index (χ2n) is 5.52. The van der Waals surface area contributed by atoms with E-state index in [9.17, 15) is 0 Å². The molecule has 1 unspecified atom stereocenters. The van der Waals surface area contributed by atoms with Crippen LogP contribution in [0.25, 0.3) is 0 Å². The van der Waals surface area contributed by atoms with Crippen molar-refractivity contribution >= 4 is 15.9 Å². The van der Waals surface area contributed by atoms with Crippen molar-refractivity contribution in [2.24, 2.45) is 0 Å². The van der Waals surface area contributed by atoms with Crippen LogP contribution < -0.4 is 5.32 Å². The predicted molar refractivity (Wildman–Crippen MR) is 92.6 cm³/mol. The van der Waals surface area contributed by atoms with Crippen LogP contribution in [0.15, 0.2) is 40.9 Å². The van der Waals surface area contributed by atoms with Crippen LogP contribution in [0, 0.1) is 13.8 Å². The summed E-state index contributed by atoms with van der Waals surface area (Å²) in [4.78, 5) is 4.48. The van der Waals surface area contributed by atoms with E-state index >= 15 is 0 Å². The molecule has 0 saturated carbocycles. The lowest BCUT2D eigenvalue weighted by Gasteiger charge is -2.20. The summed E-state index contributed by atoms with van der Waals surface area (Å²) in [5.74, 6) is 0. The number of pyridine rings is 1. The molecule has 2 rings (SSSR count). The Labute approximate surface area is 136 Å². The van der Waals surface area contributed by atoms with Crippen LogP contribution >= 0.6 is 15.9 Å². The molecule has 3 heteroatoms. The summed E-state index contributed by atoms with van der Waals surface area (Å²) in [6.07, 6.45) is 2.13. The summed E-state index contributed by atoms with van der Waals surface area (Å²) in [6.45, 7) is 7.36. The molecule has 1 aromatic heterocycles. The predicted octanol–water partition coefficient (Wildman–Crippen LogP) is 4.74. The summed E-state index contributed by atoms with van der Waals surface area (Å²) in [6, 6.07) is 13.3. The zero-order valence-corrected chi connectivity index (χ0v) is 14.6. The van der Waals surface area contributed by atoms with Gasteiger partial charge in [0.05, 0.1) is 0 Å². The molecule has 0 radical (unpaired) electrons. The SMILES string of the molecule is CCCNC(Cc1ccc(Br)cc1)c1cc(C)nc(C)c1. The van der Waals surface area contributed by atoms with Crippen LogP contribution in [0.3, 0.4) is 0 Å². The first-order valence-electron chi connectivity index (χ1n) is 7.51. The number of benzene rings is 1. The van der Waals surface area contributed by atoms with Crippen molar-refractivity contribution in [1.29, 1.82) is 0 Å². The molecule has 0 saturated heterocycles. The lowest BCUT2D eigenvalue weighted by Crippen LogP contribution is -2.24. The molecular formula is C18H23BrN2. The summed E-state index contributed by atoms with van der Waals surface area (Å²) >= 11 is 3.49. The largest absolute Gasteiger partial charge is 0.310 e. The van der Waals surface area contributed by atoms with E-state index < -0.39 is 0 Å². The molecule has 1 heterocycles. The van der Waals surface area contributed by atoms with Crippen LogP contribution in [0.1, 0.15) is 41.9 Å². The van der Waals surface area contributed by atoms with Gasteiger partial charge in [-0.3, -0.25) is 4.98 Å². The summed E-state index contributed by atoms with van der Waals surface area (Å²) in [5, 5.41) is 3.66. The quantitative estimate of drug-likeness (QED) is 0.816. The van der Waals surface area contributed by atoms with Gasteiger partial charge < -0.3 is 5.32 Å². The maximum absolute atomic E-state index is 4.48. The van der Waals surface area contributed by atoms with E-state index in [1.54, 1.807) is 0 Å². The fourth-order valence-corrected chi connectivity index (χ4v) is 2.81. The molecule has 1 aromatic carbocycles. The van der Waals surface area contributed by atoms with Gasteiger partial charge in [-0.05, 0) is 68.6 Å². The normalized spacial score (nSPS) is 12.4. The number of hydrogen-bond acceptors (Lipinski definition) is 2. The Bertz CT molecular complexity index is 558. The Hall–Kier alpha value is -1.19. The summed E-state index contributed by atoms with van der Waals surface area (Å²) in [5.41, 5.74) is 4.85. The number of halogens is 1. The molecule has 0 fully saturated rings. The standard InChI is InChI=1S/C18H23BrN2/c1-4-9-20-18(12-15-5-7-17(19)8-6-15)16-10-13(2)21-14(3)11-16/h5-8,10-11,18,20H,4,9,12H2,1-3H3. The molecule has 112 valence electrons. The van der Waals surface area contributed by atoms with Crippen LogP contribution in [0.5, 0.6) is 0 Å². The first-order chi connectivity index (χ1) is 10.1. The number of aromatic nitrogens is 1. The first-order valence-corrected chi connectivity index (χ1v) is 8.31. The van der Waals surface area contributed by atoms with Gasteiger partial charge in [-0.25, -0.2) is 0 Å². The maximum atomic E-state index is 4.48. The van der Waals surface area contributed by atoms with Crippen molar-refractivity contribution in [3.05, 3.63) is 63.4 Å². The highest BCUT2D eigenvalue weighted by atomic mass is 79.9. The number of aryl methyl sites for hydroxylation is 2. The Kier molecular flexibility index (Phi) is 5.95. The average Bonchev–Trinajstić information content (AvgIpc) is 2.44. The van der Waals surface area contributed by atoms with Crippen molar-refractivity contribution in [2.45, 2.75) is 39.7 Å². The second kappa shape index (κ2) is 7.71. The van der Waals surface area contributed by atoms with E-state index in [1.165, 1.54) is 11.1 Å². The first kappa shape index (κ1) is 16.2.